The fraction of sp³-hybridized carbons (Fsp3) is 0.312. The van der Waals surface area contributed by atoms with Gasteiger partial charge in [0.2, 0.25) is 10.0 Å². The van der Waals surface area contributed by atoms with E-state index in [1.807, 2.05) is 19.1 Å². The Labute approximate surface area is 135 Å². The molecule has 23 heavy (non-hydrogen) atoms. The van der Waals surface area contributed by atoms with Gasteiger partial charge in [-0.15, -0.1) is 0 Å². The van der Waals surface area contributed by atoms with Crippen LogP contribution in [0.1, 0.15) is 16.8 Å². The molecule has 0 radical (unpaired) electrons. The first-order chi connectivity index (χ1) is 10.9. The smallest absolute Gasteiger partial charge is 0.213 e. The number of hydrogen-bond acceptors (Lipinski definition) is 4. The van der Waals surface area contributed by atoms with Crippen LogP contribution in [0.4, 0.5) is 4.39 Å². The largest absolute Gasteiger partial charge is 0.326 e. The quantitative estimate of drug-likeness (QED) is 0.802. The topological polar surface area (TPSA) is 85.1 Å². The molecule has 2 aromatic rings. The summed E-state index contributed by atoms with van der Waals surface area (Å²) in [5.74, 6) is -0.639. The number of sulfonamides is 1. The molecule has 5 nitrogen and oxygen atoms in total. The van der Waals surface area contributed by atoms with Gasteiger partial charge in [-0.3, -0.25) is 4.98 Å². The van der Waals surface area contributed by atoms with E-state index in [2.05, 4.69) is 9.71 Å². The molecule has 1 heterocycles. The highest BCUT2D eigenvalue weighted by Crippen LogP contribution is 2.09. The number of nitrogens with one attached hydrogen (secondary N) is 1. The van der Waals surface area contributed by atoms with Crippen molar-refractivity contribution in [3.63, 3.8) is 0 Å². The van der Waals surface area contributed by atoms with Crippen LogP contribution in [0.5, 0.6) is 0 Å². The monoisotopic (exact) mass is 337 g/mol. The summed E-state index contributed by atoms with van der Waals surface area (Å²) in [6, 6.07) is 9.16. The zero-order valence-corrected chi connectivity index (χ0v) is 13.7. The van der Waals surface area contributed by atoms with Crippen LogP contribution >= 0.6 is 0 Å². The molecule has 0 spiro atoms. The third-order valence-electron chi connectivity index (χ3n) is 3.34. The van der Waals surface area contributed by atoms with Crippen LogP contribution in [0.2, 0.25) is 0 Å². The summed E-state index contributed by atoms with van der Waals surface area (Å²) >= 11 is 0. The van der Waals surface area contributed by atoms with Crippen LogP contribution in [0, 0.1) is 12.7 Å². The standard InChI is InChI=1S/C16H20FN3O2S/c1-12-6-7-13(9-19-12)10-20-23(21,22)11-15(18)8-14-4-2-3-5-16(14)17/h2-7,9,15,20H,8,10-11,18H2,1H3/t15-/m1/s1. The molecule has 0 unspecified atom stereocenters. The van der Waals surface area contributed by atoms with E-state index in [4.69, 9.17) is 5.73 Å². The summed E-state index contributed by atoms with van der Waals surface area (Å²) in [6.07, 6.45) is 1.79. The van der Waals surface area contributed by atoms with E-state index >= 15 is 0 Å². The molecule has 1 aromatic heterocycles. The van der Waals surface area contributed by atoms with Crippen molar-refractivity contribution in [1.29, 1.82) is 0 Å². The summed E-state index contributed by atoms with van der Waals surface area (Å²) in [4.78, 5) is 4.11. The van der Waals surface area contributed by atoms with E-state index in [9.17, 15) is 12.8 Å². The molecule has 3 N–H and O–H groups in total. The zero-order valence-electron chi connectivity index (χ0n) is 12.9. The molecule has 0 aliphatic rings. The number of benzene rings is 1. The van der Waals surface area contributed by atoms with Gasteiger partial charge in [-0.05, 0) is 36.6 Å². The molecule has 0 amide bonds. The summed E-state index contributed by atoms with van der Waals surface area (Å²) in [6.45, 7) is 2.01. The van der Waals surface area contributed by atoms with Crippen LogP contribution in [0.25, 0.3) is 0 Å². The van der Waals surface area contributed by atoms with E-state index in [1.54, 1.807) is 24.4 Å². The molecule has 1 atom stereocenters. The van der Waals surface area contributed by atoms with E-state index in [0.717, 1.165) is 11.3 Å². The lowest BCUT2D eigenvalue weighted by atomic mass is 10.1. The molecular weight excluding hydrogens is 317 g/mol. The van der Waals surface area contributed by atoms with Crippen molar-refractivity contribution in [2.75, 3.05) is 5.75 Å². The third-order valence-corrected chi connectivity index (χ3v) is 4.79. The van der Waals surface area contributed by atoms with Crippen molar-refractivity contribution >= 4 is 10.0 Å². The van der Waals surface area contributed by atoms with E-state index < -0.39 is 16.1 Å². The second-order valence-corrected chi connectivity index (χ2v) is 7.32. The Kier molecular flexibility index (Phi) is 5.81. The van der Waals surface area contributed by atoms with Gasteiger partial charge in [-0.1, -0.05) is 24.3 Å². The molecule has 124 valence electrons. The summed E-state index contributed by atoms with van der Waals surface area (Å²) < 4.78 is 40.1. The average molecular weight is 337 g/mol. The van der Waals surface area contributed by atoms with Gasteiger partial charge in [0.1, 0.15) is 5.82 Å². The Bertz CT molecular complexity index is 748. The summed E-state index contributed by atoms with van der Waals surface area (Å²) in [5.41, 5.74) is 7.90. The third kappa shape index (κ3) is 5.70. The molecule has 0 aliphatic heterocycles. The second-order valence-electron chi connectivity index (χ2n) is 5.47. The zero-order chi connectivity index (χ0) is 16.9. The van der Waals surface area contributed by atoms with Gasteiger partial charge in [0.15, 0.2) is 0 Å². The lowest BCUT2D eigenvalue weighted by molar-refractivity contribution is 0.564. The molecule has 0 saturated heterocycles. The Morgan fingerprint density at radius 3 is 2.65 bits per heavy atom. The number of nitrogens with two attached hydrogens (primary N) is 1. The highest BCUT2D eigenvalue weighted by atomic mass is 32.2. The van der Waals surface area contributed by atoms with Crippen molar-refractivity contribution in [2.45, 2.75) is 25.9 Å². The van der Waals surface area contributed by atoms with Gasteiger partial charge in [-0.25, -0.2) is 17.5 Å². The van der Waals surface area contributed by atoms with Crippen LogP contribution < -0.4 is 10.5 Å². The maximum absolute atomic E-state index is 13.6. The number of aryl methyl sites for hydroxylation is 1. The van der Waals surface area contributed by atoms with E-state index in [0.29, 0.717) is 5.56 Å². The normalized spacial score (nSPS) is 13.0. The minimum Gasteiger partial charge on any atom is -0.326 e. The molecule has 7 heteroatoms. The van der Waals surface area contributed by atoms with Crippen LogP contribution in [0.3, 0.4) is 0 Å². The Hall–Kier alpha value is -1.83. The van der Waals surface area contributed by atoms with Crippen molar-refractivity contribution in [1.82, 2.24) is 9.71 Å². The predicted octanol–water partition coefficient (Wildman–Crippen LogP) is 1.52. The van der Waals surface area contributed by atoms with Gasteiger partial charge < -0.3 is 5.73 Å². The molecule has 2 rings (SSSR count). The number of rotatable bonds is 7. The Morgan fingerprint density at radius 2 is 2.00 bits per heavy atom. The van der Waals surface area contributed by atoms with Crippen LogP contribution in [-0.4, -0.2) is 25.2 Å². The highest BCUT2D eigenvalue weighted by Gasteiger charge is 2.17. The average Bonchev–Trinajstić information content (AvgIpc) is 2.48. The fourth-order valence-electron chi connectivity index (χ4n) is 2.14. The number of halogens is 1. The van der Waals surface area contributed by atoms with Gasteiger partial charge in [0.25, 0.3) is 0 Å². The Morgan fingerprint density at radius 1 is 1.26 bits per heavy atom. The maximum Gasteiger partial charge on any atom is 0.213 e. The molecule has 0 saturated carbocycles. The van der Waals surface area contributed by atoms with Gasteiger partial charge >= 0.3 is 0 Å². The lowest BCUT2D eigenvalue weighted by Gasteiger charge is -2.13. The molecule has 0 aliphatic carbocycles. The lowest BCUT2D eigenvalue weighted by Crippen LogP contribution is -2.37. The first-order valence-corrected chi connectivity index (χ1v) is 8.89. The number of nitrogens with zero attached hydrogens (tertiary/aromatic N) is 1. The fourth-order valence-corrected chi connectivity index (χ4v) is 3.33. The number of hydrogen-bond donors (Lipinski definition) is 2. The SMILES string of the molecule is Cc1ccc(CNS(=O)(=O)C[C@H](N)Cc2ccccc2F)cn1. The molecule has 0 bridgehead atoms. The minimum atomic E-state index is -3.55. The van der Waals surface area contributed by atoms with Gasteiger partial charge in [0.05, 0.1) is 5.75 Å². The van der Waals surface area contributed by atoms with Gasteiger partial charge in [-0.2, -0.15) is 0 Å². The molecule has 1 aromatic carbocycles. The summed E-state index contributed by atoms with van der Waals surface area (Å²) in [7, 11) is -3.55. The maximum atomic E-state index is 13.6. The first kappa shape index (κ1) is 17.5. The number of pyridine rings is 1. The highest BCUT2D eigenvalue weighted by molar-refractivity contribution is 7.89. The van der Waals surface area contributed by atoms with E-state index in [1.165, 1.54) is 6.07 Å². The minimum absolute atomic E-state index is 0.155. The van der Waals surface area contributed by atoms with Crippen LogP contribution in [0.15, 0.2) is 42.6 Å². The van der Waals surface area contributed by atoms with Crippen LogP contribution in [-0.2, 0) is 23.0 Å². The number of aromatic nitrogens is 1. The molecular formula is C16H20FN3O2S. The first-order valence-electron chi connectivity index (χ1n) is 7.23. The molecule has 0 fully saturated rings. The van der Waals surface area contributed by atoms with Crippen molar-refractivity contribution in [2.24, 2.45) is 5.73 Å². The second kappa shape index (κ2) is 7.63. The summed E-state index contributed by atoms with van der Waals surface area (Å²) in [5, 5.41) is 0. The Balaban J connectivity index is 1.90. The van der Waals surface area contributed by atoms with Crippen molar-refractivity contribution in [3.05, 3.63) is 65.2 Å². The van der Waals surface area contributed by atoms with Crippen molar-refractivity contribution in [3.8, 4) is 0 Å². The van der Waals surface area contributed by atoms with E-state index in [-0.39, 0.29) is 24.5 Å². The van der Waals surface area contributed by atoms with Crippen molar-refractivity contribution < 1.29 is 12.8 Å². The predicted molar refractivity (Wildman–Crippen MR) is 87.7 cm³/mol. The van der Waals surface area contributed by atoms with Gasteiger partial charge in [0, 0.05) is 24.5 Å².